The fraction of sp³-hybridized carbons (Fsp3) is 0.314. The van der Waals surface area contributed by atoms with E-state index in [2.05, 4.69) is 151 Å². The Balaban J connectivity index is 1.50. The van der Waals surface area contributed by atoms with Crippen molar-refractivity contribution in [1.82, 2.24) is 4.98 Å². The van der Waals surface area contributed by atoms with Crippen molar-refractivity contribution in [3.63, 3.8) is 0 Å². The largest absolute Gasteiger partial charge is 0.292 e. The van der Waals surface area contributed by atoms with Gasteiger partial charge in [0.25, 0.3) is 0 Å². The predicted molar refractivity (Wildman–Crippen MR) is 176 cm³/mol. The fourth-order valence-electron chi connectivity index (χ4n) is 5.12. The zero-order chi connectivity index (χ0) is 27.9. The lowest BCUT2D eigenvalue weighted by atomic mass is 10.2. The van der Waals surface area contributed by atoms with Crippen molar-refractivity contribution in [2.75, 3.05) is 6.54 Å². The van der Waals surface area contributed by atoms with Gasteiger partial charge in [0.05, 0.1) is 0 Å². The van der Waals surface area contributed by atoms with E-state index >= 15 is 0 Å². The van der Waals surface area contributed by atoms with Crippen LogP contribution in [0.2, 0.25) is 0 Å². The lowest BCUT2D eigenvalue weighted by Gasteiger charge is -2.41. The van der Waals surface area contributed by atoms with Gasteiger partial charge >= 0.3 is 0 Å². The maximum atomic E-state index is 5.05. The van der Waals surface area contributed by atoms with E-state index in [-0.39, 0.29) is 7.92 Å². The molecule has 0 bridgehead atoms. The molecule has 4 aromatic rings. The van der Waals surface area contributed by atoms with Crippen molar-refractivity contribution in [2.45, 2.75) is 64.4 Å². The second-order valence-electron chi connectivity index (χ2n) is 11.9. The third kappa shape index (κ3) is 8.17. The fourth-order valence-corrected chi connectivity index (χ4v) is 11.0. The maximum Gasteiger partial charge on any atom is 0.0450 e. The SMILES string of the molecule is CC(C)(C)P(Cc1cccc(CC/N=C/c2ccccc2P(c2ccccc2)c2ccccc2)n1)C(C)(C)C. The third-order valence-electron chi connectivity index (χ3n) is 6.74. The van der Waals surface area contributed by atoms with Crippen molar-refractivity contribution in [1.29, 1.82) is 0 Å². The summed E-state index contributed by atoms with van der Waals surface area (Å²) in [6, 6.07) is 36.9. The molecule has 3 aromatic carbocycles. The van der Waals surface area contributed by atoms with E-state index in [4.69, 9.17) is 9.98 Å². The smallest absolute Gasteiger partial charge is 0.0450 e. The van der Waals surface area contributed by atoms with E-state index in [1.807, 2.05) is 0 Å². The first-order valence-electron chi connectivity index (χ1n) is 13.8. The molecule has 1 heterocycles. The Morgan fingerprint density at radius 1 is 0.641 bits per heavy atom. The maximum absolute atomic E-state index is 5.05. The molecule has 0 amide bonds. The highest BCUT2D eigenvalue weighted by molar-refractivity contribution is 7.80. The van der Waals surface area contributed by atoms with Gasteiger partial charge in [-0.2, -0.15) is 0 Å². The molecule has 2 nitrogen and oxygen atoms in total. The van der Waals surface area contributed by atoms with Gasteiger partial charge in [-0.15, -0.1) is 0 Å². The topological polar surface area (TPSA) is 25.2 Å². The predicted octanol–water partition coefficient (Wildman–Crippen LogP) is 8.08. The van der Waals surface area contributed by atoms with Gasteiger partial charge < -0.3 is 0 Å². The van der Waals surface area contributed by atoms with E-state index < -0.39 is 7.92 Å². The minimum Gasteiger partial charge on any atom is -0.292 e. The van der Waals surface area contributed by atoms with Crippen LogP contribution >= 0.6 is 15.8 Å². The Kier molecular flexibility index (Phi) is 9.87. The molecule has 0 atom stereocenters. The molecule has 1 aromatic heterocycles. The Morgan fingerprint density at radius 2 is 1.18 bits per heavy atom. The van der Waals surface area contributed by atoms with E-state index in [0.717, 1.165) is 24.8 Å². The van der Waals surface area contributed by atoms with Crippen LogP contribution in [-0.4, -0.2) is 28.1 Å². The van der Waals surface area contributed by atoms with Crippen LogP contribution in [0.25, 0.3) is 0 Å². The zero-order valence-electron chi connectivity index (χ0n) is 24.3. The second-order valence-corrected chi connectivity index (χ2v) is 17.9. The average molecular weight is 553 g/mol. The van der Waals surface area contributed by atoms with Crippen molar-refractivity contribution < 1.29 is 0 Å². The van der Waals surface area contributed by atoms with E-state index in [1.54, 1.807) is 0 Å². The number of hydrogen-bond acceptors (Lipinski definition) is 2. The summed E-state index contributed by atoms with van der Waals surface area (Å²) in [7, 11) is -0.882. The van der Waals surface area contributed by atoms with Gasteiger partial charge in [0, 0.05) is 42.3 Å². The lowest BCUT2D eigenvalue weighted by Crippen LogP contribution is -2.26. The molecule has 0 radical (unpaired) electrons. The first kappa shape index (κ1) is 29.3. The molecule has 0 spiro atoms. The number of benzene rings is 3. The zero-order valence-corrected chi connectivity index (χ0v) is 26.1. The van der Waals surface area contributed by atoms with Gasteiger partial charge in [-0.25, -0.2) is 0 Å². The molecule has 0 aliphatic rings. The van der Waals surface area contributed by atoms with Crippen LogP contribution in [-0.2, 0) is 12.6 Å². The van der Waals surface area contributed by atoms with Crippen molar-refractivity contribution >= 4 is 38.0 Å². The minimum atomic E-state index is -0.666. The molecule has 0 N–H and O–H groups in total. The number of rotatable bonds is 9. The number of aromatic nitrogens is 1. The van der Waals surface area contributed by atoms with Gasteiger partial charge in [-0.1, -0.05) is 140 Å². The molecule has 0 unspecified atom stereocenters. The summed E-state index contributed by atoms with van der Waals surface area (Å²) in [4.78, 5) is 9.94. The summed E-state index contributed by atoms with van der Waals surface area (Å²) in [6.45, 7) is 15.0. The second kappa shape index (κ2) is 13.1. The van der Waals surface area contributed by atoms with Crippen LogP contribution in [0.5, 0.6) is 0 Å². The summed E-state index contributed by atoms with van der Waals surface area (Å²) in [5.74, 6) is 0. The number of hydrogen-bond donors (Lipinski definition) is 0. The van der Waals surface area contributed by atoms with Crippen LogP contribution in [0.3, 0.4) is 0 Å². The van der Waals surface area contributed by atoms with Gasteiger partial charge in [-0.3, -0.25) is 9.98 Å². The molecule has 0 aliphatic carbocycles. The van der Waals surface area contributed by atoms with Crippen molar-refractivity contribution in [3.05, 3.63) is 120 Å². The average Bonchev–Trinajstić information content (AvgIpc) is 2.91. The molecule has 0 saturated heterocycles. The molecule has 4 heteroatoms. The molecular weight excluding hydrogens is 510 g/mol. The highest BCUT2D eigenvalue weighted by Crippen LogP contribution is 2.61. The number of aliphatic imine (C=N–C) groups is 1. The molecule has 39 heavy (non-hydrogen) atoms. The van der Waals surface area contributed by atoms with Crippen molar-refractivity contribution in [2.24, 2.45) is 4.99 Å². The van der Waals surface area contributed by atoms with Crippen LogP contribution in [0.15, 0.2) is 108 Å². The summed E-state index contributed by atoms with van der Waals surface area (Å²) >= 11 is 0. The molecular formula is C35H42N2P2. The highest BCUT2D eigenvalue weighted by Gasteiger charge is 2.34. The highest BCUT2D eigenvalue weighted by atomic mass is 31.1. The minimum absolute atomic E-state index is 0.217. The van der Waals surface area contributed by atoms with Crippen LogP contribution in [0.4, 0.5) is 0 Å². The van der Waals surface area contributed by atoms with E-state index in [9.17, 15) is 0 Å². The van der Waals surface area contributed by atoms with Gasteiger partial charge in [-0.05, 0) is 46.3 Å². The molecule has 0 saturated carbocycles. The van der Waals surface area contributed by atoms with E-state index in [0.29, 0.717) is 10.3 Å². The Labute approximate surface area is 238 Å². The lowest BCUT2D eigenvalue weighted by molar-refractivity contribution is 0.701. The first-order chi connectivity index (χ1) is 18.6. The first-order valence-corrected chi connectivity index (χ1v) is 16.7. The van der Waals surface area contributed by atoms with Crippen LogP contribution < -0.4 is 15.9 Å². The summed E-state index contributed by atoms with van der Waals surface area (Å²) < 4.78 is 0. The Hall–Kier alpha value is -2.66. The molecule has 202 valence electrons. The summed E-state index contributed by atoms with van der Waals surface area (Å²) in [5, 5.41) is 4.63. The normalized spacial score (nSPS) is 12.5. The Bertz CT molecular complexity index is 1300. The quantitative estimate of drug-likeness (QED) is 0.152. The molecule has 0 fully saturated rings. The van der Waals surface area contributed by atoms with Crippen LogP contribution in [0.1, 0.15) is 58.5 Å². The van der Waals surface area contributed by atoms with E-state index in [1.165, 1.54) is 27.2 Å². The standard InChI is InChI=1S/C35H42N2P2/c1-34(2,3)38(35(4,5)6)27-30-18-15-17-29(37-30)24-25-36-26-28-16-13-14-23-33(28)39(31-19-9-7-10-20-31)32-21-11-8-12-22-32/h7-23,26H,24-25,27H2,1-6H3/b36-26+. The van der Waals surface area contributed by atoms with Crippen LogP contribution in [0, 0.1) is 0 Å². The molecule has 4 rings (SSSR count). The number of nitrogens with zero attached hydrogens (tertiary/aromatic N) is 2. The van der Waals surface area contributed by atoms with Gasteiger partial charge in [0.1, 0.15) is 0 Å². The third-order valence-corrected chi connectivity index (χ3v) is 13.1. The summed E-state index contributed by atoms with van der Waals surface area (Å²) in [5.41, 5.74) is 3.54. The number of pyridine rings is 1. The summed E-state index contributed by atoms with van der Waals surface area (Å²) in [6.07, 6.45) is 3.98. The van der Waals surface area contributed by atoms with Crippen molar-refractivity contribution in [3.8, 4) is 0 Å². The monoisotopic (exact) mass is 552 g/mol. The molecule has 0 aliphatic heterocycles. The van der Waals surface area contributed by atoms with Gasteiger partial charge in [0.15, 0.2) is 0 Å². The van der Waals surface area contributed by atoms with Gasteiger partial charge in [0.2, 0.25) is 0 Å². The Morgan fingerprint density at radius 3 is 1.77 bits per heavy atom.